The molecule has 0 N–H and O–H groups in total. The molecule has 25 heavy (non-hydrogen) atoms. The Morgan fingerprint density at radius 3 is 2.60 bits per heavy atom. The highest BCUT2D eigenvalue weighted by Gasteiger charge is 2.35. The molecule has 1 amide bonds. The van der Waals surface area contributed by atoms with Crippen LogP contribution in [0, 0.1) is 18.6 Å². The van der Waals surface area contributed by atoms with Crippen LogP contribution in [0.2, 0.25) is 0 Å². The molecule has 1 unspecified atom stereocenters. The third-order valence-corrected chi connectivity index (χ3v) is 5.19. The third-order valence-electron chi connectivity index (χ3n) is 3.97. The summed E-state index contributed by atoms with van der Waals surface area (Å²) in [4.78, 5) is 25.6. The first-order valence-corrected chi connectivity index (χ1v) is 8.55. The van der Waals surface area contributed by atoms with Crippen molar-refractivity contribution in [2.45, 2.75) is 12.3 Å². The van der Waals surface area contributed by atoms with Gasteiger partial charge in [0.15, 0.2) is 11.6 Å². The van der Waals surface area contributed by atoms with Crippen LogP contribution in [-0.2, 0) is 9.53 Å². The number of halogens is 2. The monoisotopic (exact) mass is 363 g/mol. The van der Waals surface area contributed by atoms with Gasteiger partial charge in [0, 0.05) is 5.69 Å². The molecule has 0 spiro atoms. The summed E-state index contributed by atoms with van der Waals surface area (Å²) in [5, 5.41) is -0.453. The van der Waals surface area contributed by atoms with E-state index in [2.05, 4.69) is 0 Å². The Balaban J connectivity index is 2.00. The van der Waals surface area contributed by atoms with Gasteiger partial charge in [0.25, 0.3) is 0 Å². The van der Waals surface area contributed by atoms with Crippen LogP contribution in [0.3, 0.4) is 0 Å². The van der Waals surface area contributed by atoms with Crippen molar-refractivity contribution in [1.82, 2.24) is 0 Å². The smallest absolute Gasteiger partial charge is 0.337 e. The lowest BCUT2D eigenvalue weighted by Gasteiger charge is -2.26. The number of nitrogens with zero attached hydrogens (tertiary/aromatic N) is 1. The number of carbonyl (C=O) groups is 2. The van der Waals surface area contributed by atoms with Gasteiger partial charge in [-0.25, -0.2) is 13.6 Å². The van der Waals surface area contributed by atoms with Crippen molar-refractivity contribution in [3.63, 3.8) is 0 Å². The lowest BCUT2D eigenvalue weighted by atomic mass is 10.1. The molecular formula is C18H15F2NO3S. The van der Waals surface area contributed by atoms with E-state index in [4.69, 9.17) is 4.74 Å². The Bertz CT molecular complexity index is 856. The molecule has 1 aliphatic rings. The van der Waals surface area contributed by atoms with Gasteiger partial charge in [-0.2, -0.15) is 0 Å². The molecule has 0 saturated carbocycles. The molecule has 130 valence electrons. The number of thioether (sulfide) groups is 1. The summed E-state index contributed by atoms with van der Waals surface area (Å²) in [5.74, 6) is -2.23. The zero-order valence-corrected chi connectivity index (χ0v) is 14.4. The van der Waals surface area contributed by atoms with Crippen molar-refractivity contribution in [1.29, 1.82) is 0 Å². The number of ether oxygens (including phenoxy) is 1. The van der Waals surface area contributed by atoms with E-state index in [0.29, 0.717) is 22.4 Å². The van der Waals surface area contributed by atoms with E-state index in [1.165, 1.54) is 24.9 Å². The van der Waals surface area contributed by atoms with E-state index in [9.17, 15) is 18.4 Å². The molecule has 2 aromatic rings. The molecule has 2 aromatic carbocycles. The second-order valence-electron chi connectivity index (χ2n) is 5.59. The summed E-state index contributed by atoms with van der Waals surface area (Å²) < 4.78 is 31.5. The lowest BCUT2D eigenvalue weighted by Crippen LogP contribution is -2.28. The summed E-state index contributed by atoms with van der Waals surface area (Å²) in [6.45, 7) is 1.78. The SMILES string of the molecule is COC(=O)c1ccc(N2C(=O)CSC2c2ccc(F)c(F)c2)c(C)c1. The van der Waals surface area contributed by atoms with Crippen LogP contribution in [0.4, 0.5) is 14.5 Å². The van der Waals surface area contributed by atoms with Gasteiger partial charge in [-0.1, -0.05) is 6.07 Å². The highest BCUT2D eigenvalue weighted by molar-refractivity contribution is 8.00. The minimum absolute atomic E-state index is 0.131. The fourth-order valence-corrected chi connectivity index (χ4v) is 3.93. The van der Waals surface area contributed by atoms with Gasteiger partial charge in [0.1, 0.15) is 5.37 Å². The van der Waals surface area contributed by atoms with Crippen LogP contribution in [0.15, 0.2) is 36.4 Å². The van der Waals surface area contributed by atoms with Crippen LogP contribution < -0.4 is 4.90 Å². The fraction of sp³-hybridized carbons (Fsp3) is 0.222. The quantitative estimate of drug-likeness (QED) is 0.778. The van der Waals surface area contributed by atoms with Crippen molar-refractivity contribution in [2.75, 3.05) is 17.8 Å². The lowest BCUT2D eigenvalue weighted by molar-refractivity contribution is -0.115. The van der Waals surface area contributed by atoms with Gasteiger partial charge >= 0.3 is 5.97 Å². The van der Waals surface area contributed by atoms with Gasteiger partial charge in [-0.3, -0.25) is 9.69 Å². The van der Waals surface area contributed by atoms with Crippen molar-refractivity contribution < 1.29 is 23.1 Å². The number of hydrogen-bond acceptors (Lipinski definition) is 4. The van der Waals surface area contributed by atoms with E-state index in [0.717, 1.165) is 12.1 Å². The van der Waals surface area contributed by atoms with Gasteiger partial charge in [0.05, 0.1) is 18.4 Å². The second kappa shape index (κ2) is 6.84. The summed E-state index contributed by atoms with van der Waals surface area (Å²) in [5.41, 5.74) is 2.22. The molecule has 0 radical (unpaired) electrons. The van der Waals surface area contributed by atoms with Crippen molar-refractivity contribution >= 4 is 29.3 Å². The molecule has 0 bridgehead atoms. The zero-order valence-electron chi connectivity index (χ0n) is 13.6. The third kappa shape index (κ3) is 3.24. The number of benzene rings is 2. The molecule has 1 fully saturated rings. The molecule has 3 rings (SSSR count). The summed E-state index contributed by atoms with van der Waals surface area (Å²) in [6.07, 6.45) is 0. The van der Waals surface area contributed by atoms with Crippen molar-refractivity contribution in [3.05, 3.63) is 64.7 Å². The van der Waals surface area contributed by atoms with Gasteiger partial charge in [-0.15, -0.1) is 11.8 Å². The summed E-state index contributed by atoms with van der Waals surface area (Å²) in [6, 6.07) is 8.51. The predicted molar refractivity (Wildman–Crippen MR) is 91.6 cm³/mol. The largest absolute Gasteiger partial charge is 0.465 e. The van der Waals surface area contributed by atoms with Crippen LogP contribution in [0.25, 0.3) is 0 Å². The Morgan fingerprint density at radius 2 is 1.96 bits per heavy atom. The number of methoxy groups -OCH3 is 1. The topological polar surface area (TPSA) is 46.6 Å². The molecule has 1 atom stereocenters. The molecular weight excluding hydrogens is 348 g/mol. The molecule has 0 aliphatic carbocycles. The van der Waals surface area contributed by atoms with Crippen molar-refractivity contribution in [2.24, 2.45) is 0 Å². The molecule has 1 aliphatic heterocycles. The maximum Gasteiger partial charge on any atom is 0.337 e. The van der Waals surface area contributed by atoms with Gasteiger partial charge in [-0.05, 0) is 48.4 Å². The van der Waals surface area contributed by atoms with E-state index >= 15 is 0 Å². The molecule has 7 heteroatoms. The number of carbonyl (C=O) groups excluding carboxylic acids is 2. The highest BCUT2D eigenvalue weighted by Crippen LogP contribution is 2.43. The molecule has 4 nitrogen and oxygen atoms in total. The molecule has 0 aromatic heterocycles. The van der Waals surface area contributed by atoms with E-state index in [1.54, 1.807) is 30.0 Å². The predicted octanol–water partition coefficient (Wildman–Crippen LogP) is 3.84. The average molecular weight is 363 g/mol. The fourth-order valence-electron chi connectivity index (χ4n) is 2.77. The number of anilines is 1. The summed E-state index contributed by atoms with van der Waals surface area (Å²) in [7, 11) is 1.30. The van der Waals surface area contributed by atoms with E-state index in [-0.39, 0.29) is 11.7 Å². The van der Waals surface area contributed by atoms with Gasteiger partial charge < -0.3 is 4.74 Å². The number of amides is 1. The first kappa shape index (κ1) is 17.4. The molecule has 1 heterocycles. The number of esters is 1. The van der Waals surface area contributed by atoms with E-state index < -0.39 is 23.0 Å². The minimum atomic E-state index is -0.949. The Morgan fingerprint density at radius 1 is 1.20 bits per heavy atom. The maximum atomic E-state index is 13.6. The maximum absolute atomic E-state index is 13.6. The van der Waals surface area contributed by atoms with E-state index in [1.807, 2.05) is 0 Å². The minimum Gasteiger partial charge on any atom is -0.465 e. The van der Waals surface area contributed by atoms with Crippen LogP contribution >= 0.6 is 11.8 Å². The highest BCUT2D eigenvalue weighted by atomic mass is 32.2. The summed E-state index contributed by atoms with van der Waals surface area (Å²) >= 11 is 1.34. The van der Waals surface area contributed by atoms with Crippen molar-refractivity contribution in [3.8, 4) is 0 Å². The van der Waals surface area contributed by atoms with Crippen LogP contribution in [-0.4, -0.2) is 24.7 Å². The first-order valence-electron chi connectivity index (χ1n) is 7.50. The standard InChI is InChI=1S/C18H15F2NO3S/c1-10-7-12(18(23)24-2)4-6-15(10)21-16(22)9-25-17(21)11-3-5-13(19)14(20)8-11/h3-8,17H,9H2,1-2H3. The van der Waals surface area contributed by atoms with Gasteiger partial charge in [0.2, 0.25) is 5.91 Å². The van der Waals surface area contributed by atoms with Crippen LogP contribution in [0.1, 0.15) is 26.9 Å². The molecule has 1 saturated heterocycles. The Hall–Kier alpha value is -2.41. The second-order valence-corrected chi connectivity index (χ2v) is 6.66. The number of hydrogen-bond donors (Lipinski definition) is 0. The Kier molecular flexibility index (Phi) is 4.76. The Labute approximate surface area is 147 Å². The first-order chi connectivity index (χ1) is 11.9. The average Bonchev–Trinajstić information content (AvgIpc) is 2.98. The number of rotatable bonds is 3. The number of aryl methyl sites for hydroxylation is 1. The zero-order chi connectivity index (χ0) is 18.1. The normalized spacial score (nSPS) is 17.0. The van der Waals surface area contributed by atoms with Crippen LogP contribution in [0.5, 0.6) is 0 Å².